The Morgan fingerprint density at radius 1 is 1.52 bits per heavy atom. The van der Waals surface area contributed by atoms with E-state index in [1.54, 1.807) is 7.11 Å². The fourth-order valence-electron chi connectivity index (χ4n) is 2.82. The summed E-state index contributed by atoms with van der Waals surface area (Å²) in [7, 11) is 1.63. The van der Waals surface area contributed by atoms with Crippen LogP contribution < -0.4 is 10.1 Å². The molecule has 0 spiro atoms. The SMILES string of the molecule is COc1cccc(CC(=O)N[C@H]2CCCc3cn[nH]c32)c1. The van der Waals surface area contributed by atoms with Crippen molar-refractivity contribution < 1.29 is 9.53 Å². The molecule has 110 valence electrons. The summed E-state index contributed by atoms with van der Waals surface area (Å²) in [6, 6.07) is 7.65. The molecule has 0 unspecified atom stereocenters. The standard InChI is InChI=1S/C16H19N3O2/c1-21-13-6-2-4-11(8-13)9-15(20)18-14-7-3-5-12-10-17-19-16(12)14/h2,4,6,8,10,14H,3,5,7,9H2,1H3,(H,17,19)(H,18,20)/t14-/m0/s1. The molecule has 0 bridgehead atoms. The third-order valence-electron chi connectivity index (χ3n) is 3.87. The van der Waals surface area contributed by atoms with Gasteiger partial charge in [0.1, 0.15) is 5.75 Å². The zero-order chi connectivity index (χ0) is 14.7. The van der Waals surface area contributed by atoms with E-state index in [1.165, 1.54) is 5.56 Å². The molecule has 21 heavy (non-hydrogen) atoms. The number of benzene rings is 1. The van der Waals surface area contributed by atoms with Crippen LogP contribution in [0.3, 0.4) is 0 Å². The fourth-order valence-corrected chi connectivity index (χ4v) is 2.82. The van der Waals surface area contributed by atoms with Gasteiger partial charge in [-0.2, -0.15) is 5.10 Å². The number of aromatic amines is 1. The van der Waals surface area contributed by atoms with Crippen LogP contribution in [-0.2, 0) is 17.6 Å². The van der Waals surface area contributed by atoms with E-state index in [9.17, 15) is 4.79 Å². The lowest BCUT2D eigenvalue weighted by Crippen LogP contribution is -2.32. The minimum absolute atomic E-state index is 0.0238. The van der Waals surface area contributed by atoms with Crippen LogP contribution >= 0.6 is 0 Å². The molecular formula is C16H19N3O2. The highest BCUT2D eigenvalue weighted by Gasteiger charge is 2.23. The maximum absolute atomic E-state index is 12.2. The third kappa shape index (κ3) is 3.07. The molecule has 5 heteroatoms. The van der Waals surface area contributed by atoms with Crippen LogP contribution in [0, 0.1) is 0 Å². The van der Waals surface area contributed by atoms with Gasteiger partial charge >= 0.3 is 0 Å². The summed E-state index contributed by atoms with van der Waals surface area (Å²) in [6.45, 7) is 0. The summed E-state index contributed by atoms with van der Waals surface area (Å²) >= 11 is 0. The van der Waals surface area contributed by atoms with Crippen molar-refractivity contribution in [3.63, 3.8) is 0 Å². The highest BCUT2D eigenvalue weighted by atomic mass is 16.5. The van der Waals surface area contributed by atoms with E-state index >= 15 is 0 Å². The number of rotatable bonds is 4. The Hall–Kier alpha value is -2.30. The van der Waals surface area contributed by atoms with Crippen LogP contribution in [0.25, 0.3) is 0 Å². The number of amides is 1. The van der Waals surface area contributed by atoms with Gasteiger partial charge in [0.2, 0.25) is 5.91 Å². The van der Waals surface area contributed by atoms with Gasteiger partial charge in [0, 0.05) is 0 Å². The lowest BCUT2D eigenvalue weighted by molar-refractivity contribution is -0.121. The highest BCUT2D eigenvalue weighted by molar-refractivity contribution is 5.79. The molecule has 5 nitrogen and oxygen atoms in total. The van der Waals surface area contributed by atoms with Crippen molar-refractivity contribution in [3.8, 4) is 5.75 Å². The van der Waals surface area contributed by atoms with Crippen LogP contribution in [0.5, 0.6) is 5.75 Å². The predicted molar refractivity (Wildman–Crippen MR) is 79.1 cm³/mol. The predicted octanol–water partition coefficient (Wildman–Crippen LogP) is 2.15. The van der Waals surface area contributed by atoms with Gasteiger partial charge in [0.25, 0.3) is 0 Å². The van der Waals surface area contributed by atoms with Crippen molar-refractivity contribution >= 4 is 5.91 Å². The molecule has 1 aliphatic carbocycles. The molecule has 0 aliphatic heterocycles. The number of aromatic nitrogens is 2. The molecule has 1 aromatic carbocycles. The number of H-pyrrole nitrogens is 1. The first-order chi connectivity index (χ1) is 10.3. The van der Waals surface area contributed by atoms with Gasteiger partial charge in [-0.25, -0.2) is 0 Å². The lowest BCUT2D eigenvalue weighted by Gasteiger charge is -2.23. The molecule has 1 aliphatic rings. The highest BCUT2D eigenvalue weighted by Crippen LogP contribution is 2.27. The molecule has 0 saturated carbocycles. The summed E-state index contributed by atoms with van der Waals surface area (Å²) in [5, 5.41) is 10.2. The number of aryl methyl sites for hydroxylation is 1. The Morgan fingerprint density at radius 3 is 3.29 bits per heavy atom. The van der Waals surface area contributed by atoms with Crippen LogP contribution in [0.1, 0.15) is 35.7 Å². The van der Waals surface area contributed by atoms with Crippen molar-refractivity contribution in [3.05, 3.63) is 47.3 Å². The van der Waals surface area contributed by atoms with Gasteiger partial charge in [-0.05, 0) is 42.5 Å². The number of nitrogens with zero attached hydrogens (tertiary/aromatic N) is 1. The van der Waals surface area contributed by atoms with Gasteiger partial charge < -0.3 is 10.1 Å². The van der Waals surface area contributed by atoms with Crippen LogP contribution in [0.15, 0.2) is 30.5 Å². The van der Waals surface area contributed by atoms with Crippen molar-refractivity contribution in [1.82, 2.24) is 15.5 Å². The zero-order valence-electron chi connectivity index (χ0n) is 12.1. The number of ether oxygens (including phenoxy) is 1. The van der Waals surface area contributed by atoms with Gasteiger partial charge in [-0.15, -0.1) is 0 Å². The molecule has 0 fully saturated rings. The van der Waals surface area contributed by atoms with E-state index in [4.69, 9.17) is 4.74 Å². The van der Waals surface area contributed by atoms with E-state index in [-0.39, 0.29) is 11.9 Å². The van der Waals surface area contributed by atoms with Gasteiger partial charge in [0.15, 0.2) is 0 Å². The molecule has 1 heterocycles. The first-order valence-corrected chi connectivity index (χ1v) is 7.20. The third-order valence-corrected chi connectivity index (χ3v) is 3.87. The average molecular weight is 285 g/mol. The van der Waals surface area contributed by atoms with E-state index in [1.807, 2.05) is 30.5 Å². The topological polar surface area (TPSA) is 67.0 Å². The number of nitrogens with one attached hydrogen (secondary N) is 2. The Kier molecular flexibility index (Phi) is 3.90. The molecule has 1 aromatic heterocycles. The van der Waals surface area contributed by atoms with E-state index in [0.717, 1.165) is 36.3 Å². The summed E-state index contributed by atoms with van der Waals surface area (Å²) in [4.78, 5) is 12.2. The van der Waals surface area contributed by atoms with Crippen molar-refractivity contribution in [2.24, 2.45) is 0 Å². The minimum Gasteiger partial charge on any atom is -0.497 e. The van der Waals surface area contributed by atoms with Gasteiger partial charge in [-0.1, -0.05) is 12.1 Å². The summed E-state index contributed by atoms with van der Waals surface area (Å²) in [5.74, 6) is 0.796. The Labute approximate surface area is 123 Å². The Morgan fingerprint density at radius 2 is 2.43 bits per heavy atom. The molecule has 0 saturated heterocycles. The van der Waals surface area contributed by atoms with Crippen LogP contribution in [0.4, 0.5) is 0 Å². The molecule has 2 aromatic rings. The maximum atomic E-state index is 12.2. The molecule has 2 N–H and O–H groups in total. The smallest absolute Gasteiger partial charge is 0.224 e. The van der Waals surface area contributed by atoms with Crippen LogP contribution in [-0.4, -0.2) is 23.2 Å². The van der Waals surface area contributed by atoms with Crippen molar-refractivity contribution in [2.75, 3.05) is 7.11 Å². The number of hydrogen-bond donors (Lipinski definition) is 2. The number of carbonyl (C=O) groups is 1. The average Bonchev–Trinajstić information content (AvgIpc) is 2.97. The lowest BCUT2D eigenvalue weighted by atomic mass is 9.93. The molecule has 0 radical (unpaired) electrons. The van der Waals surface area contributed by atoms with Gasteiger partial charge in [0.05, 0.1) is 31.5 Å². The first kappa shape index (κ1) is 13.7. The Bertz CT molecular complexity index is 636. The quantitative estimate of drug-likeness (QED) is 0.904. The van der Waals surface area contributed by atoms with E-state index < -0.39 is 0 Å². The van der Waals surface area contributed by atoms with E-state index in [2.05, 4.69) is 15.5 Å². The molecular weight excluding hydrogens is 266 g/mol. The maximum Gasteiger partial charge on any atom is 0.224 e. The minimum atomic E-state index is 0.0238. The van der Waals surface area contributed by atoms with Gasteiger partial charge in [-0.3, -0.25) is 9.89 Å². The number of methoxy groups -OCH3 is 1. The molecule has 3 rings (SSSR count). The summed E-state index contributed by atoms with van der Waals surface area (Å²) in [5.41, 5.74) is 3.22. The second-order valence-electron chi connectivity index (χ2n) is 5.35. The van der Waals surface area contributed by atoms with Crippen molar-refractivity contribution in [2.45, 2.75) is 31.7 Å². The van der Waals surface area contributed by atoms with Crippen LogP contribution in [0.2, 0.25) is 0 Å². The Balaban J connectivity index is 1.65. The second kappa shape index (κ2) is 5.99. The normalized spacial score (nSPS) is 17.1. The summed E-state index contributed by atoms with van der Waals surface area (Å²) in [6.07, 6.45) is 5.29. The zero-order valence-corrected chi connectivity index (χ0v) is 12.1. The molecule has 1 atom stereocenters. The summed E-state index contributed by atoms with van der Waals surface area (Å²) < 4.78 is 5.18. The molecule has 1 amide bonds. The van der Waals surface area contributed by atoms with Crippen molar-refractivity contribution in [1.29, 1.82) is 0 Å². The van der Waals surface area contributed by atoms with E-state index in [0.29, 0.717) is 6.42 Å². The number of carbonyl (C=O) groups excluding carboxylic acids is 1. The number of hydrogen-bond acceptors (Lipinski definition) is 3. The fraction of sp³-hybridized carbons (Fsp3) is 0.375. The monoisotopic (exact) mass is 285 g/mol. The second-order valence-corrected chi connectivity index (χ2v) is 5.35. The first-order valence-electron chi connectivity index (χ1n) is 7.20. The largest absolute Gasteiger partial charge is 0.497 e. The number of fused-ring (bicyclic) bond motifs is 1.